The summed E-state index contributed by atoms with van der Waals surface area (Å²) >= 11 is 0. The smallest absolute Gasteiger partial charge is 0.313 e. The molecule has 1 aliphatic heterocycles. The Hall–Kier alpha value is -1.88. The van der Waals surface area contributed by atoms with E-state index in [0.29, 0.717) is 13.1 Å². The number of carbonyl (C=O) groups is 2. The van der Waals surface area contributed by atoms with Gasteiger partial charge in [0.1, 0.15) is 5.60 Å². The fourth-order valence-electron chi connectivity index (χ4n) is 2.37. The van der Waals surface area contributed by atoms with Crippen molar-refractivity contribution in [2.45, 2.75) is 39.0 Å². The van der Waals surface area contributed by atoms with E-state index in [-0.39, 0.29) is 5.91 Å². The summed E-state index contributed by atoms with van der Waals surface area (Å²) in [5.41, 5.74) is 6.33. The van der Waals surface area contributed by atoms with Crippen LogP contribution in [0.2, 0.25) is 0 Å². The van der Waals surface area contributed by atoms with Gasteiger partial charge in [0.05, 0.1) is 12.0 Å². The number of rotatable bonds is 3. The zero-order valence-electron chi connectivity index (χ0n) is 12.7. The lowest BCUT2D eigenvalue weighted by atomic mass is 10.0. The van der Waals surface area contributed by atoms with E-state index in [1.807, 2.05) is 30.3 Å². The number of nitrogens with zero attached hydrogens (tertiary/aromatic N) is 1. The van der Waals surface area contributed by atoms with Gasteiger partial charge in [-0.05, 0) is 26.3 Å². The van der Waals surface area contributed by atoms with Gasteiger partial charge in [-0.25, -0.2) is 0 Å². The van der Waals surface area contributed by atoms with Crippen molar-refractivity contribution in [1.29, 1.82) is 0 Å². The predicted molar refractivity (Wildman–Crippen MR) is 79.2 cm³/mol. The molecule has 1 fully saturated rings. The highest BCUT2D eigenvalue weighted by atomic mass is 16.6. The molecule has 2 N–H and O–H groups in total. The Morgan fingerprint density at radius 3 is 2.52 bits per heavy atom. The van der Waals surface area contributed by atoms with Gasteiger partial charge in [-0.1, -0.05) is 30.3 Å². The number of benzene rings is 1. The first-order chi connectivity index (χ1) is 9.78. The van der Waals surface area contributed by atoms with Crippen molar-refractivity contribution >= 4 is 11.9 Å². The molecule has 5 nitrogen and oxygen atoms in total. The van der Waals surface area contributed by atoms with E-state index in [4.69, 9.17) is 10.5 Å². The first-order valence-electron chi connectivity index (χ1n) is 7.09. The maximum atomic E-state index is 12.2. The second-order valence-electron chi connectivity index (χ2n) is 6.37. The van der Waals surface area contributed by atoms with Gasteiger partial charge < -0.3 is 15.4 Å². The number of hydrogen-bond acceptors (Lipinski definition) is 4. The number of likely N-dealkylation sites (tertiary alicyclic amines) is 1. The molecule has 1 aromatic carbocycles. The van der Waals surface area contributed by atoms with Gasteiger partial charge >= 0.3 is 5.97 Å². The average Bonchev–Trinajstić information content (AvgIpc) is 2.66. The van der Waals surface area contributed by atoms with Gasteiger partial charge in [-0.2, -0.15) is 0 Å². The number of esters is 1. The fraction of sp³-hybridized carbons (Fsp3) is 0.500. The van der Waals surface area contributed by atoms with E-state index in [1.54, 1.807) is 25.7 Å². The van der Waals surface area contributed by atoms with Crippen LogP contribution in [0.15, 0.2) is 30.3 Å². The van der Waals surface area contributed by atoms with Gasteiger partial charge in [0.15, 0.2) is 0 Å². The standard InChI is InChI=1S/C16H22N2O3/c1-16(2,3)21-15(20)12-10-18(14(19)13(12)17)9-11-7-5-4-6-8-11/h4-8,12-13H,9-10,17H2,1-3H3/t12-,13?/m0/s1. The molecule has 1 aliphatic rings. The first-order valence-corrected chi connectivity index (χ1v) is 7.09. The van der Waals surface area contributed by atoms with Crippen LogP contribution < -0.4 is 5.73 Å². The highest BCUT2D eigenvalue weighted by Crippen LogP contribution is 2.22. The molecule has 2 rings (SSSR count). The Morgan fingerprint density at radius 1 is 1.33 bits per heavy atom. The monoisotopic (exact) mass is 290 g/mol. The zero-order chi connectivity index (χ0) is 15.6. The molecule has 1 aromatic rings. The molecule has 0 saturated carbocycles. The van der Waals surface area contributed by atoms with Crippen LogP contribution in [0, 0.1) is 5.92 Å². The number of hydrogen-bond donors (Lipinski definition) is 1. The first kappa shape index (κ1) is 15.5. The van der Waals surface area contributed by atoms with Gasteiger partial charge in [0.2, 0.25) is 5.91 Å². The van der Waals surface area contributed by atoms with E-state index >= 15 is 0 Å². The summed E-state index contributed by atoms with van der Waals surface area (Å²) in [6.07, 6.45) is 0. The van der Waals surface area contributed by atoms with Crippen LogP contribution in [0.4, 0.5) is 0 Å². The summed E-state index contributed by atoms with van der Waals surface area (Å²) in [4.78, 5) is 25.9. The molecule has 1 heterocycles. The Kier molecular flexibility index (Phi) is 4.32. The predicted octanol–water partition coefficient (Wildman–Crippen LogP) is 1.31. The van der Waals surface area contributed by atoms with Crippen molar-refractivity contribution in [2.75, 3.05) is 6.54 Å². The maximum absolute atomic E-state index is 12.2. The second-order valence-corrected chi connectivity index (χ2v) is 6.37. The molecule has 114 valence electrons. The van der Waals surface area contributed by atoms with Crippen molar-refractivity contribution in [2.24, 2.45) is 11.7 Å². The van der Waals surface area contributed by atoms with E-state index in [0.717, 1.165) is 5.56 Å². The topological polar surface area (TPSA) is 72.6 Å². The van der Waals surface area contributed by atoms with Crippen molar-refractivity contribution in [3.8, 4) is 0 Å². The summed E-state index contributed by atoms with van der Waals surface area (Å²) in [5, 5.41) is 0. The fourth-order valence-corrected chi connectivity index (χ4v) is 2.37. The van der Waals surface area contributed by atoms with Crippen LogP contribution in [0.25, 0.3) is 0 Å². The highest BCUT2D eigenvalue weighted by molar-refractivity contribution is 5.91. The van der Waals surface area contributed by atoms with Crippen molar-refractivity contribution in [3.63, 3.8) is 0 Å². The van der Waals surface area contributed by atoms with Gasteiger partial charge in [0.25, 0.3) is 0 Å². The average molecular weight is 290 g/mol. The molecule has 21 heavy (non-hydrogen) atoms. The van der Waals surface area contributed by atoms with E-state index < -0.39 is 23.5 Å². The normalized spacial score (nSPS) is 22.5. The molecular weight excluding hydrogens is 268 g/mol. The lowest BCUT2D eigenvalue weighted by Gasteiger charge is -2.22. The third-order valence-corrected chi connectivity index (χ3v) is 3.37. The lowest BCUT2D eigenvalue weighted by Crippen LogP contribution is -2.40. The van der Waals surface area contributed by atoms with Crippen LogP contribution in [0.3, 0.4) is 0 Å². The number of amides is 1. The quantitative estimate of drug-likeness (QED) is 0.852. The summed E-state index contributed by atoms with van der Waals surface area (Å²) < 4.78 is 5.34. The second kappa shape index (κ2) is 5.85. The van der Waals surface area contributed by atoms with E-state index in [1.165, 1.54) is 0 Å². The lowest BCUT2D eigenvalue weighted by molar-refractivity contribution is -0.160. The molecule has 0 aliphatic carbocycles. The van der Waals surface area contributed by atoms with Gasteiger partial charge in [0, 0.05) is 13.1 Å². The van der Waals surface area contributed by atoms with Crippen LogP contribution in [0.1, 0.15) is 26.3 Å². The Morgan fingerprint density at radius 2 is 1.95 bits per heavy atom. The number of carbonyl (C=O) groups excluding carboxylic acids is 2. The molecular formula is C16H22N2O3. The van der Waals surface area contributed by atoms with Gasteiger partial charge in [-0.3, -0.25) is 9.59 Å². The van der Waals surface area contributed by atoms with Crippen molar-refractivity contribution in [3.05, 3.63) is 35.9 Å². The Balaban J connectivity index is 2.04. The zero-order valence-corrected chi connectivity index (χ0v) is 12.7. The molecule has 1 saturated heterocycles. The van der Waals surface area contributed by atoms with E-state index in [9.17, 15) is 9.59 Å². The summed E-state index contributed by atoms with van der Waals surface area (Å²) in [6.45, 7) is 6.18. The third-order valence-electron chi connectivity index (χ3n) is 3.37. The molecule has 0 bridgehead atoms. The third kappa shape index (κ3) is 3.82. The molecule has 2 atom stereocenters. The molecule has 1 unspecified atom stereocenters. The summed E-state index contributed by atoms with van der Waals surface area (Å²) in [5.74, 6) is -1.20. The van der Waals surface area contributed by atoms with Crippen LogP contribution in [-0.2, 0) is 20.9 Å². The molecule has 0 radical (unpaired) electrons. The number of ether oxygens (including phenoxy) is 1. The van der Waals surface area contributed by atoms with Crippen LogP contribution in [-0.4, -0.2) is 35.0 Å². The minimum Gasteiger partial charge on any atom is -0.460 e. The Bertz CT molecular complexity index is 522. The van der Waals surface area contributed by atoms with Crippen molar-refractivity contribution < 1.29 is 14.3 Å². The van der Waals surface area contributed by atoms with Crippen molar-refractivity contribution in [1.82, 2.24) is 4.90 Å². The van der Waals surface area contributed by atoms with Crippen LogP contribution >= 0.6 is 0 Å². The van der Waals surface area contributed by atoms with E-state index in [2.05, 4.69) is 0 Å². The highest BCUT2D eigenvalue weighted by Gasteiger charge is 2.43. The minimum atomic E-state index is -0.816. The molecule has 1 amide bonds. The Labute approximate surface area is 125 Å². The number of nitrogens with two attached hydrogens (primary N) is 1. The molecule has 0 aromatic heterocycles. The molecule has 0 spiro atoms. The summed E-state index contributed by atoms with van der Waals surface area (Å²) in [7, 11) is 0. The maximum Gasteiger partial charge on any atom is 0.313 e. The van der Waals surface area contributed by atoms with Gasteiger partial charge in [-0.15, -0.1) is 0 Å². The van der Waals surface area contributed by atoms with Crippen LogP contribution in [0.5, 0.6) is 0 Å². The SMILES string of the molecule is CC(C)(C)OC(=O)[C@H]1CN(Cc2ccccc2)C(=O)C1N. The largest absolute Gasteiger partial charge is 0.460 e. The molecule has 5 heteroatoms. The minimum absolute atomic E-state index is 0.199. The summed E-state index contributed by atoms with van der Waals surface area (Å²) in [6, 6.07) is 8.83.